The standard InChI is InChI=1S/C30H42N8O8/c1-16-10-18-19(11-17(16)2)37(27(43)24(31-18)26-33-34-35-36(26)6)13-20(39)25(42)21(40)14-45-15-23(41)32-22-12-30(22)8-7-9-38(30)28(44)46-29(3,4)5/h10-11,20-22,25,39-40,42H,7-9,12-15H2,1-6H3,(H,32,41)/t20-,21+,22+,25-,30-/m0/s1. The molecule has 0 radical (unpaired) electrons. The minimum atomic E-state index is -1.71. The molecule has 16 nitrogen and oxygen atoms in total. The maximum Gasteiger partial charge on any atom is 0.410 e. The van der Waals surface area contributed by atoms with Crippen LogP contribution in [0.1, 0.15) is 51.2 Å². The Morgan fingerprint density at radius 1 is 1.15 bits per heavy atom. The molecule has 1 saturated carbocycles. The smallest absolute Gasteiger partial charge is 0.410 e. The predicted molar refractivity (Wildman–Crippen MR) is 164 cm³/mol. The number of nitrogens with zero attached hydrogens (tertiary/aromatic N) is 7. The Kier molecular flexibility index (Phi) is 9.19. The number of fused-ring (bicyclic) bond motifs is 1. The van der Waals surface area contributed by atoms with Gasteiger partial charge in [-0.25, -0.2) is 14.5 Å². The molecule has 2 aromatic heterocycles. The van der Waals surface area contributed by atoms with Crippen molar-refractivity contribution in [1.82, 2.24) is 40.0 Å². The van der Waals surface area contributed by atoms with Crippen LogP contribution in [0, 0.1) is 13.8 Å². The molecule has 1 aliphatic heterocycles. The van der Waals surface area contributed by atoms with Crippen LogP contribution < -0.4 is 10.9 Å². The van der Waals surface area contributed by atoms with Gasteiger partial charge in [0.25, 0.3) is 5.56 Å². The molecule has 3 aromatic rings. The zero-order valence-electron chi connectivity index (χ0n) is 26.9. The Labute approximate surface area is 265 Å². The number of likely N-dealkylation sites (tertiary alicyclic amines) is 1. The number of hydrogen-bond acceptors (Lipinski definition) is 12. The number of amides is 2. The van der Waals surface area contributed by atoms with Gasteiger partial charge in [0.15, 0.2) is 5.69 Å². The van der Waals surface area contributed by atoms with E-state index in [0.29, 0.717) is 24.0 Å². The topological polar surface area (TPSA) is 207 Å². The number of rotatable bonds is 10. The molecule has 0 unspecified atom stereocenters. The number of hydrogen-bond donors (Lipinski definition) is 4. The van der Waals surface area contributed by atoms with Crippen LogP contribution in [0.5, 0.6) is 0 Å². The van der Waals surface area contributed by atoms with Gasteiger partial charge in [0.1, 0.15) is 30.5 Å². The lowest BCUT2D eigenvalue weighted by molar-refractivity contribution is -0.130. The third-order valence-corrected chi connectivity index (χ3v) is 8.60. The maximum absolute atomic E-state index is 13.5. The van der Waals surface area contributed by atoms with Crippen LogP contribution in [0.4, 0.5) is 4.79 Å². The van der Waals surface area contributed by atoms with Crippen molar-refractivity contribution in [3.05, 3.63) is 33.6 Å². The highest BCUT2D eigenvalue weighted by molar-refractivity contribution is 5.80. The Bertz CT molecular complexity index is 1680. The lowest BCUT2D eigenvalue weighted by atomic mass is 10.1. The van der Waals surface area contributed by atoms with E-state index in [4.69, 9.17) is 9.47 Å². The molecule has 2 fully saturated rings. The second-order valence-electron chi connectivity index (χ2n) is 13.2. The number of aryl methyl sites for hydroxylation is 3. The highest BCUT2D eigenvalue weighted by atomic mass is 16.6. The van der Waals surface area contributed by atoms with E-state index in [2.05, 4.69) is 25.8 Å². The van der Waals surface area contributed by atoms with Crippen molar-refractivity contribution in [2.45, 2.75) is 95.9 Å². The van der Waals surface area contributed by atoms with Crippen molar-refractivity contribution in [2.75, 3.05) is 19.8 Å². The molecule has 46 heavy (non-hydrogen) atoms. The lowest BCUT2D eigenvalue weighted by Gasteiger charge is -2.29. The lowest BCUT2D eigenvalue weighted by Crippen LogP contribution is -2.46. The van der Waals surface area contributed by atoms with Gasteiger partial charge in [-0.05, 0) is 87.6 Å². The summed E-state index contributed by atoms with van der Waals surface area (Å²) < 4.78 is 13.5. The van der Waals surface area contributed by atoms with Crippen LogP contribution in [0.25, 0.3) is 22.6 Å². The average molecular weight is 643 g/mol. The van der Waals surface area contributed by atoms with Gasteiger partial charge in [-0.2, -0.15) is 0 Å². The van der Waals surface area contributed by atoms with E-state index in [1.165, 1.54) is 9.25 Å². The van der Waals surface area contributed by atoms with E-state index < -0.39 is 60.2 Å². The van der Waals surface area contributed by atoms with Gasteiger partial charge in [-0.1, -0.05) is 0 Å². The maximum atomic E-state index is 13.5. The number of tetrazole rings is 1. The first kappa shape index (κ1) is 33.4. The van der Waals surface area contributed by atoms with Gasteiger partial charge in [0.05, 0.1) is 35.8 Å². The van der Waals surface area contributed by atoms with Gasteiger partial charge >= 0.3 is 6.09 Å². The molecular formula is C30H42N8O8. The summed E-state index contributed by atoms with van der Waals surface area (Å²) in [6.45, 7) is 8.52. The van der Waals surface area contributed by atoms with Crippen molar-refractivity contribution in [2.24, 2.45) is 7.05 Å². The molecule has 0 bridgehead atoms. The molecule has 1 aromatic carbocycles. The zero-order chi connectivity index (χ0) is 33.6. The molecule has 3 heterocycles. The molecule has 1 spiro atoms. The predicted octanol–water partition coefficient (Wildman–Crippen LogP) is -0.0387. The van der Waals surface area contributed by atoms with Gasteiger partial charge in [-0.15, -0.1) is 5.10 Å². The molecule has 16 heteroatoms. The number of benzene rings is 1. The second-order valence-corrected chi connectivity index (χ2v) is 13.2. The number of ether oxygens (including phenoxy) is 2. The summed E-state index contributed by atoms with van der Waals surface area (Å²) in [5.41, 5.74) is 0.987. The van der Waals surface area contributed by atoms with Crippen molar-refractivity contribution in [3.8, 4) is 11.5 Å². The molecule has 2 amide bonds. The number of carbonyl (C=O) groups excluding carboxylic acids is 2. The van der Waals surface area contributed by atoms with E-state index in [0.717, 1.165) is 24.0 Å². The van der Waals surface area contributed by atoms with Crippen LogP contribution >= 0.6 is 0 Å². The third-order valence-electron chi connectivity index (χ3n) is 8.60. The minimum absolute atomic E-state index is 0.0379. The van der Waals surface area contributed by atoms with Gasteiger partial charge in [0.2, 0.25) is 11.7 Å². The average Bonchev–Trinajstić information content (AvgIpc) is 3.25. The summed E-state index contributed by atoms with van der Waals surface area (Å²) in [5, 5.41) is 46.3. The first-order chi connectivity index (χ1) is 21.6. The summed E-state index contributed by atoms with van der Waals surface area (Å²) in [4.78, 5) is 45.0. The van der Waals surface area contributed by atoms with Crippen LogP contribution in [-0.4, -0.2) is 117 Å². The molecule has 250 valence electrons. The fourth-order valence-electron chi connectivity index (χ4n) is 5.96. The normalized spacial score (nSPS) is 21.4. The quantitative estimate of drug-likeness (QED) is 0.230. The minimum Gasteiger partial charge on any atom is -0.444 e. The van der Waals surface area contributed by atoms with Crippen LogP contribution in [0.15, 0.2) is 16.9 Å². The first-order valence-electron chi connectivity index (χ1n) is 15.3. The Hall–Kier alpha value is -3.99. The number of carbonyl (C=O) groups is 2. The van der Waals surface area contributed by atoms with Crippen LogP contribution in [-0.2, 0) is 27.9 Å². The van der Waals surface area contributed by atoms with Gasteiger partial charge < -0.3 is 39.6 Å². The Morgan fingerprint density at radius 3 is 2.54 bits per heavy atom. The monoisotopic (exact) mass is 642 g/mol. The van der Waals surface area contributed by atoms with Crippen molar-refractivity contribution < 1.29 is 34.4 Å². The van der Waals surface area contributed by atoms with E-state index >= 15 is 0 Å². The third kappa shape index (κ3) is 6.74. The van der Waals surface area contributed by atoms with E-state index in [1.807, 2.05) is 13.8 Å². The number of aromatic nitrogens is 6. The summed E-state index contributed by atoms with van der Waals surface area (Å²) in [7, 11) is 1.57. The molecule has 1 saturated heterocycles. The van der Waals surface area contributed by atoms with E-state index in [9.17, 15) is 29.7 Å². The Balaban J connectivity index is 1.18. The van der Waals surface area contributed by atoms with Crippen LogP contribution in [0.3, 0.4) is 0 Å². The zero-order valence-corrected chi connectivity index (χ0v) is 26.9. The van der Waals surface area contributed by atoms with E-state index in [1.54, 1.807) is 44.9 Å². The molecular weight excluding hydrogens is 600 g/mol. The van der Waals surface area contributed by atoms with Crippen molar-refractivity contribution >= 4 is 23.0 Å². The fraction of sp³-hybridized carbons (Fsp3) is 0.633. The summed E-state index contributed by atoms with van der Waals surface area (Å²) in [6.07, 6.45) is -3.08. The number of aliphatic hydroxyl groups is 3. The van der Waals surface area contributed by atoms with Crippen molar-refractivity contribution in [3.63, 3.8) is 0 Å². The molecule has 5 rings (SSSR count). The summed E-state index contributed by atoms with van der Waals surface area (Å²) in [5.74, 6) is -0.311. The summed E-state index contributed by atoms with van der Waals surface area (Å²) in [6, 6.07) is 3.33. The first-order valence-corrected chi connectivity index (χ1v) is 15.3. The Morgan fingerprint density at radius 2 is 1.87 bits per heavy atom. The van der Waals surface area contributed by atoms with Gasteiger partial charge in [-0.3, -0.25) is 9.59 Å². The van der Waals surface area contributed by atoms with Crippen molar-refractivity contribution in [1.29, 1.82) is 0 Å². The SMILES string of the molecule is Cc1cc2nc(-c3nnnn3C)c(=O)n(C[C@H](O)[C@H](O)[C@H](O)COCC(=O)N[C@@H]3C[C@@]34CCCN4C(=O)OC(C)(C)C)c2cc1C. The highest BCUT2D eigenvalue weighted by Gasteiger charge is 2.63. The highest BCUT2D eigenvalue weighted by Crippen LogP contribution is 2.50. The summed E-state index contributed by atoms with van der Waals surface area (Å²) >= 11 is 0. The largest absolute Gasteiger partial charge is 0.444 e. The molecule has 5 atom stereocenters. The van der Waals surface area contributed by atoms with Gasteiger partial charge in [0, 0.05) is 13.6 Å². The van der Waals surface area contributed by atoms with E-state index in [-0.39, 0.29) is 24.1 Å². The fourth-order valence-corrected chi connectivity index (χ4v) is 5.96. The number of aliphatic hydroxyl groups excluding tert-OH is 3. The number of nitrogens with one attached hydrogen (secondary N) is 1. The van der Waals surface area contributed by atoms with Crippen LogP contribution in [0.2, 0.25) is 0 Å². The second kappa shape index (κ2) is 12.7. The molecule has 1 aliphatic carbocycles. The molecule has 4 N–H and O–H groups in total. The molecule has 2 aliphatic rings.